The predicted molar refractivity (Wildman–Crippen MR) is 82.6 cm³/mol. The number of carbonyl (C=O) groups excluding carboxylic acids is 4. The van der Waals surface area contributed by atoms with E-state index < -0.39 is 31.1 Å². The standard InChI is InChI=1S/C16H16F3N3O4/c17-16(18,19)9-21-12(23)7-20-15(26)11-3-1-10(2-4-11)8-22-13(24)5-6-14(22)25/h1-4H,5-9H2,(H,20,26)(H,21,23). The monoisotopic (exact) mass is 371 g/mol. The minimum atomic E-state index is -4.52. The number of hydrogen-bond acceptors (Lipinski definition) is 4. The zero-order valence-corrected chi connectivity index (χ0v) is 13.6. The van der Waals surface area contributed by atoms with Gasteiger partial charge in [-0.3, -0.25) is 24.1 Å². The van der Waals surface area contributed by atoms with Crippen molar-refractivity contribution in [3.63, 3.8) is 0 Å². The second-order valence-corrected chi connectivity index (χ2v) is 5.65. The number of benzene rings is 1. The summed E-state index contributed by atoms with van der Waals surface area (Å²) in [4.78, 5) is 47.4. The molecular weight excluding hydrogens is 355 g/mol. The summed E-state index contributed by atoms with van der Waals surface area (Å²) in [6.45, 7) is -1.95. The first-order valence-electron chi connectivity index (χ1n) is 7.69. The van der Waals surface area contributed by atoms with Gasteiger partial charge in [0.25, 0.3) is 5.91 Å². The molecule has 1 saturated heterocycles. The Morgan fingerprint density at radius 2 is 1.58 bits per heavy atom. The summed E-state index contributed by atoms with van der Waals surface area (Å²) < 4.78 is 35.9. The maximum atomic E-state index is 12.0. The summed E-state index contributed by atoms with van der Waals surface area (Å²) >= 11 is 0. The molecule has 1 aromatic carbocycles. The van der Waals surface area contributed by atoms with Crippen LogP contribution in [0.1, 0.15) is 28.8 Å². The second kappa shape index (κ2) is 7.98. The minimum absolute atomic E-state index is 0.111. The van der Waals surface area contributed by atoms with Gasteiger partial charge in [0.1, 0.15) is 6.54 Å². The molecule has 1 heterocycles. The number of imide groups is 1. The zero-order chi connectivity index (χ0) is 19.3. The molecule has 0 saturated carbocycles. The van der Waals surface area contributed by atoms with E-state index in [0.717, 1.165) is 4.90 Å². The van der Waals surface area contributed by atoms with Crippen LogP contribution >= 0.6 is 0 Å². The third kappa shape index (κ3) is 5.57. The van der Waals surface area contributed by atoms with Gasteiger partial charge in [0.15, 0.2) is 0 Å². The van der Waals surface area contributed by atoms with Gasteiger partial charge in [0, 0.05) is 18.4 Å². The average Bonchev–Trinajstić information content (AvgIpc) is 2.90. The molecule has 2 N–H and O–H groups in total. The molecule has 1 aliphatic heterocycles. The summed E-state index contributed by atoms with van der Waals surface area (Å²) in [6.07, 6.45) is -4.14. The van der Waals surface area contributed by atoms with E-state index in [2.05, 4.69) is 5.32 Å². The number of nitrogens with zero attached hydrogens (tertiary/aromatic N) is 1. The summed E-state index contributed by atoms with van der Waals surface area (Å²) in [5.74, 6) is -2.09. The summed E-state index contributed by atoms with van der Waals surface area (Å²) in [5.41, 5.74) is 0.838. The van der Waals surface area contributed by atoms with Gasteiger partial charge in [-0.25, -0.2) is 0 Å². The second-order valence-electron chi connectivity index (χ2n) is 5.65. The first kappa shape index (κ1) is 19.4. The van der Waals surface area contributed by atoms with Crippen LogP contribution in [-0.4, -0.2) is 47.8 Å². The van der Waals surface area contributed by atoms with E-state index in [1.165, 1.54) is 12.1 Å². The van der Waals surface area contributed by atoms with Crippen LogP contribution < -0.4 is 10.6 Å². The molecule has 140 valence electrons. The van der Waals surface area contributed by atoms with Crippen molar-refractivity contribution in [3.8, 4) is 0 Å². The molecule has 0 atom stereocenters. The normalized spacial score (nSPS) is 14.5. The molecule has 0 aromatic heterocycles. The third-order valence-corrected chi connectivity index (χ3v) is 3.61. The van der Waals surface area contributed by atoms with Crippen LogP contribution in [-0.2, 0) is 20.9 Å². The molecule has 0 radical (unpaired) electrons. The molecule has 26 heavy (non-hydrogen) atoms. The fourth-order valence-electron chi connectivity index (χ4n) is 2.27. The zero-order valence-electron chi connectivity index (χ0n) is 13.6. The number of alkyl halides is 3. The van der Waals surface area contributed by atoms with Crippen molar-refractivity contribution in [1.29, 1.82) is 0 Å². The van der Waals surface area contributed by atoms with Crippen molar-refractivity contribution >= 4 is 23.6 Å². The maximum absolute atomic E-state index is 12.0. The van der Waals surface area contributed by atoms with E-state index >= 15 is 0 Å². The highest BCUT2D eigenvalue weighted by atomic mass is 19.4. The highest BCUT2D eigenvalue weighted by molar-refractivity contribution is 6.01. The van der Waals surface area contributed by atoms with Crippen molar-refractivity contribution in [2.45, 2.75) is 25.6 Å². The highest BCUT2D eigenvalue weighted by Crippen LogP contribution is 2.16. The molecule has 0 bridgehead atoms. The van der Waals surface area contributed by atoms with Crippen LogP contribution in [0.4, 0.5) is 13.2 Å². The first-order valence-corrected chi connectivity index (χ1v) is 7.69. The van der Waals surface area contributed by atoms with Gasteiger partial charge >= 0.3 is 6.18 Å². The molecule has 4 amide bonds. The summed E-state index contributed by atoms with van der Waals surface area (Å²) in [6, 6.07) is 5.97. The fraction of sp³-hybridized carbons (Fsp3) is 0.375. The first-order chi connectivity index (χ1) is 12.2. The number of carbonyl (C=O) groups is 4. The lowest BCUT2D eigenvalue weighted by molar-refractivity contribution is -0.139. The van der Waals surface area contributed by atoms with Crippen molar-refractivity contribution in [3.05, 3.63) is 35.4 Å². The maximum Gasteiger partial charge on any atom is 0.405 e. The van der Waals surface area contributed by atoms with Crippen LogP contribution in [0.5, 0.6) is 0 Å². The van der Waals surface area contributed by atoms with Gasteiger partial charge < -0.3 is 10.6 Å². The Kier molecular flexibility index (Phi) is 5.96. The Balaban J connectivity index is 1.83. The SMILES string of the molecule is O=C(CNC(=O)c1ccc(CN2C(=O)CCC2=O)cc1)NCC(F)(F)F. The Hall–Kier alpha value is -2.91. The van der Waals surface area contributed by atoms with Gasteiger partial charge in [0.2, 0.25) is 17.7 Å². The van der Waals surface area contributed by atoms with E-state index in [9.17, 15) is 32.3 Å². The van der Waals surface area contributed by atoms with Gasteiger partial charge in [-0.2, -0.15) is 13.2 Å². The van der Waals surface area contributed by atoms with E-state index in [1.54, 1.807) is 17.4 Å². The third-order valence-electron chi connectivity index (χ3n) is 3.61. The molecule has 0 unspecified atom stereocenters. The average molecular weight is 371 g/mol. The number of nitrogens with one attached hydrogen (secondary N) is 2. The number of rotatable bonds is 6. The molecule has 2 rings (SSSR count). The fourth-order valence-corrected chi connectivity index (χ4v) is 2.27. The Labute approximate surface area is 146 Å². The number of likely N-dealkylation sites (tertiary alicyclic amines) is 1. The molecule has 10 heteroatoms. The lowest BCUT2D eigenvalue weighted by Gasteiger charge is -2.14. The lowest BCUT2D eigenvalue weighted by atomic mass is 10.1. The highest BCUT2D eigenvalue weighted by Gasteiger charge is 2.29. The number of amides is 4. The Bertz CT molecular complexity index is 700. The largest absolute Gasteiger partial charge is 0.405 e. The molecule has 1 aromatic rings. The van der Waals surface area contributed by atoms with Gasteiger partial charge in [-0.1, -0.05) is 12.1 Å². The van der Waals surface area contributed by atoms with Crippen LogP contribution in [0.3, 0.4) is 0 Å². The van der Waals surface area contributed by atoms with Crippen molar-refractivity contribution in [2.75, 3.05) is 13.1 Å². The van der Waals surface area contributed by atoms with Crippen LogP contribution in [0.15, 0.2) is 24.3 Å². The van der Waals surface area contributed by atoms with Crippen LogP contribution in [0.25, 0.3) is 0 Å². The molecular formula is C16H16F3N3O4. The van der Waals surface area contributed by atoms with E-state index in [4.69, 9.17) is 0 Å². The molecule has 7 nitrogen and oxygen atoms in total. The topological polar surface area (TPSA) is 95.6 Å². The smallest absolute Gasteiger partial charge is 0.345 e. The van der Waals surface area contributed by atoms with E-state index in [1.807, 2.05) is 0 Å². The number of halogens is 3. The van der Waals surface area contributed by atoms with E-state index in [-0.39, 0.29) is 36.8 Å². The molecule has 0 spiro atoms. The van der Waals surface area contributed by atoms with Gasteiger partial charge in [-0.05, 0) is 17.7 Å². The van der Waals surface area contributed by atoms with Crippen LogP contribution in [0.2, 0.25) is 0 Å². The number of hydrogen-bond donors (Lipinski definition) is 2. The predicted octanol–water partition coefficient (Wildman–Crippen LogP) is 0.744. The molecule has 1 fully saturated rings. The Morgan fingerprint density at radius 1 is 1.00 bits per heavy atom. The molecule has 1 aliphatic rings. The van der Waals surface area contributed by atoms with Gasteiger partial charge in [0.05, 0.1) is 13.1 Å². The van der Waals surface area contributed by atoms with Crippen molar-refractivity contribution in [1.82, 2.24) is 15.5 Å². The van der Waals surface area contributed by atoms with E-state index in [0.29, 0.717) is 5.56 Å². The summed E-state index contributed by atoms with van der Waals surface area (Å²) in [5, 5.41) is 3.84. The lowest BCUT2D eigenvalue weighted by Crippen LogP contribution is -2.40. The Morgan fingerprint density at radius 3 is 2.12 bits per heavy atom. The quantitative estimate of drug-likeness (QED) is 0.721. The van der Waals surface area contributed by atoms with Crippen LogP contribution in [0, 0.1) is 0 Å². The van der Waals surface area contributed by atoms with Crippen molar-refractivity contribution in [2.24, 2.45) is 0 Å². The molecule has 0 aliphatic carbocycles. The minimum Gasteiger partial charge on any atom is -0.345 e. The van der Waals surface area contributed by atoms with Gasteiger partial charge in [-0.15, -0.1) is 0 Å². The van der Waals surface area contributed by atoms with Crippen molar-refractivity contribution < 1.29 is 32.3 Å². The summed E-state index contributed by atoms with van der Waals surface area (Å²) in [7, 11) is 0.